The Morgan fingerprint density at radius 1 is 1.43 bits per heavy atom. The van der Waals surface area contributed by atoms with E-state index in [0.717, 1.165) is 0 Å². The number of carbonyl (C=O) groups is 1. The third kappa shape index (κ3) is 2.82. The predicted octanol–water partition coefficient (Wildman–Crippen LogP) is -1.90. The topological polar surface area (TPSA) is 158 Å². The van der Waals surface area contributed by atoms with Gasteiger partial charge < -0.3 is 20.7 Å². The molecule has 0 bridgehead atoms. The number of nitrogens with zero attached hydrogens (tertiary/aromatic N) is 4. The summed E-state index contributed by atoms with van der Waals surface area (Å²) in [6.45, 7) is 1.16. The normalized spacial score (nSPS) is 27.4. The number of hydrogen-bond donors (Lipinski definition) is 4. The molecule has 11 nitrogen and oxygen atoms in total. The van der Waals surface area contributed by atoms with Gasteiger partial charge >= 0.3 is 0 Å². The Kier molecular flexibility index (Phi) is 4.09. The first-order valence-corrected chi connectivity index (χ1v) is 6.82. The molecule has 0 spiro atoms. The number of carbonyl (C=O) groups excluding carboxylic acids is 1. The first kappa shape index (κ1) is 15.6. The standard InChI is InChI=1S/C12H16N6O5/c1-5(19)17-22-2-6-8(20)9(21)12(23-6)18-4-16-7-10(13)14-3-15-11(7)18/h3-4,6,8-9,12,20-21H,2H2,1H3,(H,17,19)(H2,13,14,15)/t6-,8-,9-,12-/m1/s1. The zero-order chi connectivity index (χ0) is 16.6. The number of fused-ring (bicyclic) bond motifs is 1. The van der Waals surface area contributed by atoms with Gasteiger partial charge in [0.15, 0.2) is 17.7 Å². The van der Waals surface area contributed by atoms with Gasteiger partial charge in [-0.2, -0.15) is 0 Å². The molecule has 2 aromatic rings. The summed E-state index contributed by atoms with van der Waals surface area (Å²) < 4.78 is 7.06. The third-order valence-electron chi connectivity index (χ3n) is 3.46. The molecule has 1 aliphatic rings. The Hall–Kier alpha value is -2.34. The van der Waals surface area contributed by atoms with E-state index < -0.39 is 24.5 Å². The number of aromatic nitrogens is 4. The van der Waals surface area contributed by atoms with Crippen molar-refractivity contribution >= 4 is 22.9 Å². The van der Waals surface area contributed by atoms with E-state index in [2.05, 4.69) is 20.4 Å². The molecule has 0 saturated carbocycles. The van der Waals surface area contributed by atoms with E-state index in [9.17, 15) is 15.0 Å². The van der Waals surface area contributed by atoms with Gasteiger partial charge in [0, 0.05) is 6.92 Å². The van der Waals surface area contributed by atoms with E-state index in [-0.39, 0.29) is 18.3 Å². The minimum Gasteiger partial charge on any atom is -0.387 e. The minimum atomic E-state index is -1.23. The third-order valence-corrected chi connectivity index (χ3v) is 3.46. The van der Waals surface area contributed by atoms with E-state index in [1.165, 1.54) is 24.1 Å². The van der Waals surface area contributed by atoms with Crippen LogP contribution in [0.4, 0.5) is 5.82 Å². The molecule has 1 fully saturated rings. The van der Waals surface area contributed by atoms with Gasteiger partial charge in [-0.15, -0.1) is 0 Å². The number of hydrogen-bond acceptors (Lipinski definition) is 9. The number of aliphatic hydroxyl groups is 2. The van der Waals surface area contributed by atoms with Gasteiger partial charge in [0.25, 0.3) is 0 Å². The lowest BCUT2D eigenvalue weighted by molar-refractivity contribution is -0.137. The van der Waals surface area contributed by atoms with E-state index in [1.54, 1.807) is 0 Å². The van der Waals surface area contributed by atoms with Crippen LogP contribution in [0.3, 0.4) is 0 Å². The average Bonchev–Trinajstić information content (AvgIpc) is 3.04. The maximum atomic E-state index is 10.8. The second-order valence-corrected chi connectivity index (χ2v) is 5.10. The second-order valence-electron chi connectivity index (χ2n) is 5.10. The van der Waals surface area contributed by atoms with E-state index in [1.807, 2.05) is 0 Å². The second kappa shape index (κ2) is 6.04. The van der Waals surface area contributed by atoms with Gasteiger partial charge in [-0.3, -0.25) is 14.2 Å². The fourth-order valence-corrected chi connectivity index (χ4v) is 2.38. The molecule has 11 heteroatoms. The molecule has 5 N–H and O–H groups in total. The lowest BCUT2D eigenvalue weighted by Gasteiger charge is -2.16. The van der Waals surface area contributed by atoms with Crippen molar-refractivity contribution in [2.75, 3.05) is 12.3 Å². The van der Waals surface area contributed by atoms with Crippen LogP contribution in [-0.2, 0) is 14.4 Å². The molecular formula is C12H16N6O5. The molecule has 0 unspecified atom stereocenters. The summed E-state index contributed by atoms with van der Waals surface area (Å²) in [4.78, 5) is 27.7. The number of aliphatic hydroxyl groups excluding tert-OH is 2. The number of nitrogen functional groups attached to an aromatic ring is 1. The number of nitrogens with one attached hydrogen (secondary N) is 1. The SMILES string of the molecule is CC(=O)NOC[C@H]1O[C@@H](n2cnc3c(N)ncnc32)[C@H](O)[C@@H]1O. The van der Waals surface area contributed by atoms with Gasteiger partial charge in [-0.1, -0.05) is 0 Å². The summed E-state index contributed by atoms with van der Waals surface area (Å²) in [5, 5.41) is 20.3. The van der Waals surface area contributed by atoms with Gasteiger partial charge in [0.2, 0.25) is 5.91 Å². The number of rotatable bonds is 4. The molecule has 3 rings (SSSR count). The molecule has 23 heavy (non-hydrogen) atoms. The quantitative estimate of drug-likeness (QED) is 0.471. The molecule has 0 radical (unpaired) electrons. The number of nitrogens with two attached hydrogens (primary N) is 1. The zero-order valence-electron chi connectivity index (χ0n) is 12.2. The number of ether oxygens (including phenoxy) is 1. The Labute approximate surface area is 130 Å². The molecule has 1 saturated heterocycles. The lowest BCUT2D eigenvalue weighted by Crippen LogP contribution is -2.36. The van der Waals surface area contributed by atoms with Gasteiger partial charge in [-0.25, -0.2) is 20.4 Å². The van der Waals surface area contributed by atoms with Crippen LogP contribution in [0.15, 0.2) is 12.7 Å². The van der Waals surface area contributed by atoms with Crippen LogP contribution in [-0.4, -0.2) is 60.6 Å². The fraction of sp³-hybridized carbons (Fsp3) is 0.500. The van der Waals surface area contributed by atoms with Crippen molar-refractivity contribution < 1.29 is 24.6 Å². The van der Waals surface area contributed by atoms with Gasteiger partial charge in [0.05, 0.1) is 6.33 Å². The first-order valence-electron chi connectivity index (χ1n) is 6.82. The largest absolute Gasteiger partial charge is 0.387 e. The van der Waals surface area contributed by atoms with E-state index >= 15 is 0 Å². The number of hydroxylamine groups is 1. The van der Waals surface area contributed by atoms with Crippen molar-refractivity contribution in [1.29, 1.82) is 0 Å². The Balaban J connectivity index is 1.80. The lowest BCUT2D eigenvalue weighted by atomic mass is 10.1. The van der Waals surface area contributed by atoms with E-state index in [0.29, 0.717) is 11.2 Å². The molecule has 4 atom stereocenters. The van der Waals surface area contributed by atoms with Crippen molar-refractivity contribution in [2.45, 2.75) is 31.5 Å². The Morgan fingerprint density at radius 2 is 2.22 bits per heavy atom. The number of anilines is 1. The molecule has 0 aliphatic carbocycles. The highest BCUT2D eigenvalue weighted by atomic mass is 16.7. The fourth-order valence-electron chi connectivity index (χ4n) is 2.38. The number of imidazole rings is 1. The van der Waals surface area contributed by atoms with Crippen molar-refractivity contribution in [1.82, 2.24) is 25.0 Å². The van der Waals surface area contributed by atoms with Crippen LogP contribution >= 0.6 is 0 Å². The van der Waals surface area contributed by atoms with Gasteiger partial charge in [-0.05, 0) is 0 Å². The Bertz CT molecular complexity index is 721. The van der Waals surface area contributed by atoms with Crippen LogP contribution in [0.25, 0.3) is 11.2 Å². The Morgan fingerprint density at radius 3 is 2.96 bits per heavy atom. The molecule has 0 aromatic carbocycles. The zero-order valence-corrected chi connectivity index (χ0v) is 12.2. The van der Waals surface area contributed by atoms with Crippen molar-refractivity contribution in [3.8, 4) is 0 Å². The van der Waals surface area contributed by atoms with Crippen LogP contribution in [0, 0.1) is 0 Å². The molecule has 124 valence electrons. The highest BCUT2D eigenvalue weighted by molar-refractivity contribution is 5.81. The molecule has 1 amide bonds. The summed E-state index contributed by atoms with van der Waals surface area (Å²) in [7, 11) is 0. The van der Waals surface area contributed by atoms with Crippen molar-refractivity contribution in [3.05, 3.63) is 12.7 Å². The highest BCUT2D eigenvalue weighted by Gasteiger charge is 2.44. The summed E-state index contributed by atoms with van der Waals surface area (Å²) in [5.74, 6) is -0.185. The summed E-state index contributed by atoms with van der Waals surface area (Å²) in [6, 6.07) is 0. The molecule has 1 aliphatic heterocycles. The molecular weight excluding hydrogens is 308 g/mol. The van der Waals surface area contributed by atoms with Crippen LogP contribution in [0.2, 0.25) is 0 Å². The molecule has 3 heterocycles. The number of amides is 1. The van der Waals surface area contributed by atoms with Crippen LogP contribution in [0.1, 0.15) is 13.2 Å². The highest BCUT2D eigenvalue weighted by Crippen LogP contribution is 2.31. The summed E-state index contributed by atoms with van der Waals surface area (Å²) in [5.41, 5.74) is 8.58. The maximum absolute atomic E-state index is 10.8. The van der Waals surface area contributed by atoms with Gasteiger partial charge in [0.1, 0.15) is 36.8 Å². The molecule has 2 aromatic heterocycles. The average molecular weight is 324 g/mol. The summed E-state index contributed by atoms with van der Waals surface area (Å²) >= 11 is 0. The minimum absolute atomic E-state index is 0.127. The van der Waals surface area contributed by atoms with Crippen LogP contribution in [0.5, 0.6) is 0 Å². The summed E-state index contributed by atoms with van der Waals surface area (Å²) in [6.07, 6.45) is -1.52. The van der Waals surface area contributed by atoms with Crippen molar-refractivity contribution in [3.63, 3.8) is 0 Å². The maximum Gasteiger partial charge on any atom is 0.240 e. The van der Waals surface area contributed by atoms with Crippen molar-refractivity contribution in [2.24, 2.45) is 0 Å². The first-order chi connectivity index (χ1) is 11.0. The monoisotopic (exact) mass is 324 g/mol. The van der Waals surface area contributed by atoms with Crippen LogP contribution < -0.4 is 11.2 Å². The smallest absolute Gasteiger partial charge is 0.240 e. The predicted molar refractivity (Wildman–Crippen MR) is 75.4 cm³/mol. The van der Waals surface area contributed by atoms with E-state index in [4.69, 9.17) is 15.3 Å².